The van der Waals surface area contributed by atoms with Crippen LogP contribution in [0.3, 0.4) is 0 Å². The third-order valence-electron chi connectivity index (χ3n) is 4.01. The zero-order valence-electron chi connectivity index (χ0n) is 10.5. The van der Waals surface area contributed by atoms with E-state index in [0.717, 1.165) is 19.6 Å². The zero-order chi connectivity index (χ0) is 12.7. The molecule has 1 aromatic heterocycles. The van der Waals surface area contributed by atoms with Gasteiger partial charge in [-0.2, -0.15) is 0 Å². The molecule has 0 saturated carbocycles. The molecule has 0 aliphatic carbocycles. The van der Waals surface area contributed by atoms with E-state index in [1.54, 1.807) is 18.3 Å². The molecule has 0 spiro atoms. The number of aromatic nitrogens is 1. The summed E-state index contributed by atoms with van der Waals surface area (Å²) in [6, 6.07) is 3.96. The summed E-state index contributed by atoms with van der Waals surface area (Å²) in [4.78, 5) is 20.7. The molecular formula is C13H18N4O. The van der Waals surface area contributed by atoms with Crippen LogP contribution < -0.4 is 5.73 Å². The molecule has 5 nitrogen and oxygen atoms in total. The molecule has 0 radical (unpaired) electrons. The predicted molar refractivity (Wildman–Crippen MR) is 69.1 cm³/mol. The molecule has 18 heavy (non-hydrogen) atoms. The van der Waals surface area contributed by atoms with Crippen LogP contribution in [0.25, 0.3) is 0 Å². The van der Waals surface area contributed by atoms with Crippen LogP contribution in [0.2, 0.25) is 0 Å². The fraction of sp³-hybridized carbons (Fsp3) is 0.538. The molecule has 2 unspecified atom stereocenters. The van der Waals surface area contributed by atoms with Crippen molar-refractivity contribution in [1.82, 2.24) is 14.8 Å². The number of hydrogen-bond acceptors (Lipinski definition) is 4. The number of nitrogens with two attached hydrogens (primary N) is 1. The van der Waals surface area contributed by atoms with E-state index in [9.17, 15) is 4.79 Å². The van der Waals surface area contributed by atoms with E-state index in [0.29, 0.717) is 23.3 Å². The number of piperidine rings is 1. The number of pyridine rings is 1. The van der Waals surface area contributed by atoms with Gasteiger partial charge in [-0.25, -0.2) is 4.98 Å². The van der Waals surface area contributed by atoms with Crippen molar-refractivity contribution >= 4 is 11.7 Å². The van der Waals surface area contributed by atoms with Crippen molar-refractivity contribution < 1.29 is 4.79 Å². The van der Waals surface area contributed by atoms with Gasteiger partial charge in [0.05, 0.1) is 5.56 Å². The summed E-state index contributed by atoms with van der Waals surface area (Å²) in [5.41, 5.74) is 6.17. The summed E-state index contributed by atoms with van der Waals surface area (Å²) < 4.78 is 0. The maximum Gasteiger partial charge on any atom is 0.255 e. The lowest BCUT2D eigenvalue weighted by Crippen LogP contribution is -2.44. The number of anilines is 1. The van der Waals surface area contributed by atoms with Gasteiger partial charge >= 0.3 is 0 Å². The summed E-state index contributed by atoms with van der Waals surface area (Å²) in [6.45, 7) is 2.80. The highest BCUT2D eigenvalue weighted by Gasteiger charge is 2.38. The molecule has 1 amide bonds. The second-order valence-corrected chi connectivity index (χ2v) is 5.38. The van der Waals surface area contributed by atoms with Gasteiger partial charge in [-0.15, -0.1) is 0 Å². The molecule has 3 heterocycles. The molecule has 2 atom stereocenters. The minimum absolute atomic E-state index is 0.0764. The predicted octanol–water partition coefficient (Wildman–Crippen LogP) is 0.440. The molecule has 2 bridgehead atoms. The summed E-state index contributed by atoms with van der Waals surface area (Å²) in [6.07, 6.45) is 2.79. The molecule has 5 heteroatoms. The Balaban J connectivity index is 1.76. The van der Waals surface area contributed by atoms with Crippen molar-refractivity contribution in [3.05, 3.63) is 23.9 Å². The average molecular weight is 246 g/mol. The first kappa shape index (κ1) is 11.5. The summed E-state index contributed by atoms with van der Waals surface area (Å²) in [5, 5.41) is 0. The lowest BCUT2D eigenvalue weighted by Gasteiger charge is -2.32. The molecule has 96 valence electrons. The number of likely N-dealkylation sites (tertiary alicyclic amines) is 2. The maximum absolute atomic E-state index is 12.4. The van der Waals surface area contributed by atoms with Crippen LogP contribution in [0.15, 0.2) is 18.3 Å². The normalized spacial score (nSPS) is 27.5. The van der Waals surface area contributed by atoms with Crippen LogP contribution in [-0.4, -0.2) is 53.4 Å². The van der Waals surface area contributed by atoms with Crippen molar-refractivity contribution in [2.75, 3.05) is 32.4 Å². The van der Waals surface area contributed by atoms with E-state index in [1.165, 1.54) is 6.42 Å². The fourth-order valence-corrected chi connectivity index (χ4v) is 3.06. The number of fused-ring (bicyclic) bond motifs is 2. The first-order valence-electron chi connectivity index (χ1n) is 6.34. The number of amides is 1. The van der Waals surface area contributed by atoms with E-state index in [2.05, 4.69) is 16.9 Å². The van der Waals surface area contributed by atoms with Crippen molar-refractivity contribution in [3.63, 3.8) is 0 Å². The van der Waals surface area contributed by atoms with Crippen LogP contribution in [-0.2, 0) is 0 Å². The first-order chi connectivity index (χ1) is 8.63. The van der Waals surface area contributed by atoms with Crippen molar-refractivity contribution in [2.24, 2.45) is 5.92 Å². The van der Waals surface area contributed by atoms with Crippen LogP contribution in [0.4, 0.5) is 5.82 Å². The zero-order valence-corrected chi connectivity index (χ0v) is 10.5. The standard InChI is InChI=1S/C13H18N4O/c1-16-6-9-4-11(16)8-17(7-9)13(18)10-2-3-12(14)15-5-10/h2-3,5,9,11H,4,6-8H2,1H3,(H2,14,15). The van der Waals surface area contributed by atoms with E-state index < -0.39 is 0 Å². The Morgan fingerprint density at radius 1 is 1.39 bits per heavy atom. The van der Waals surface area contributed by atoms with Gasteiger partial charge in [-0.05, 0) is 31.5 Å². The largest absolute Gasteiger partial charge is 0.384 e. The average Bonchev–Trinajstić information content (AvgIpc) is 2.62. The second-order valence-electron chi connectivity index (χ2n) is 5.38. The lowest BCUT2D eigenvalue weighted by molar-refractivity contribution is 0.0675. The van der Waals surface area contributed by atoms with Gasteiger partial charge < -0.3 is 15.5 Å². The van der Waals surface area contributed by atoms with Gasteiger partial charge in [0.1, 0.15) is 5.82 Å². The fourth-order valence-electron chi connectivity index (χ4n) is 3.06. The first-order valence-corrected chi connectivity index (χ1v) is 6.34. The molecule has 2 saturated heterocycles. The Bertz CT molecular complexity index is 457. The lowest BCUT2D eigenvalue weighted by atomic mass is 9.99. The Kier molecular flexibility index (Phi) is 2.70. The van der Waals surface area contributed by atoms with Gasteiger partial charge in [0.15, 0.2) is 0 Å². The highest BCUT2D eigenvalue weighted by atomic mass is 16.2. The molecule has 3 rings (SSSR count). The van der Waals surface area contributed by atoms with E-state index in [1.807, 2.05) is 4.90 Å². The quantitative estimate of drug-likeness (QED) is 0.781. The summed E-state index contributed by atoms with van der Waals surface area (Å²) in [7, 11) is 2.14. The molecular weight excluding hydrogens is 228 g/mol. The number of carbonyl (C=O) groups is 1. The smallest absolute Gasteiger partial charge is 0.255 e. The van der Waals surface area contributed by atoms with Gasteiger partial charge in [-0.3, -0.25) is 4.79 Å². The number of carbonyl (C=O) groups excluding carboxylic acids is 1. The SMILES string of the molecule is CN1CC2CC1CN(C(=O)c1ccc(N)nc1)C2. The molecule has 2 fully saturated rings. The number of hydrogen-bond donors (Lipinski definition) is 1. The van der Waals surface area contributed by atoms with Crippen LogP contribution in [0.5, 0.6) is 0 Å². The van der Waals surface area contributed by atoms with E-state index in [-0.39, 0.29) is 5.91 Å². The Labute approximate surface area is 107 Å². The minimum atomic E-state index is 0.0764. The molecule has 2 aliphatic rings. The van der Waals surface area contributed by atoms with E-state index >= 15 is 0 Å². The van der Waals surface area contributed by atoms with Crippen molar-refractivity contribution in [1.29, 1.82) is 0 Å². The third kappa shape index (κ3) is 1.95. The summed E-state index contributed by atoms with van der Waals surface area (Å²) >= 11 is 0. The maximum atomic E-state index is 12.4. The van der Waals surface area contributed by atoms with Gasteiger partial charge in [0.25, 0.3) is 5.91 Å². The molecule has 1 aromatic rings. The van der Waals surface area contributed by atoms with Crippen molar-refractivity contribution in [2.45, 2.75) is 12.5 Å². The summed E-state index contributed by atoms with van der Waals surface area (Å²) in [5.74, 6) is 1.15. The topological polar surface area (TPSA) is 62.5 Å². The number of nitrogen functional groups attached to an aromatic ring is 1. The van der Waals surface area contributed by atoms with Gasteiger partial charge in [0, 0.05) is 31.9 Å². The van der Waals surface area contributed by atoms with Gasteiger partial charge in [0.2, 0.25) is 0 Å². The van der Waals surface area contributed by atoms with Crippen LogP contribution in [0.1, 0.15) is 16.8 Å². The Hall–Kier alpha value is -1.62. The Morgan fingerprint density at radius 3 is 2.89 bits per heavy atom. The molecule has 2 aliphatic heterocycles. The number of nitrogens with zero attached hydrogens (tertiary/aromatic N) is 3. The highest BCUT2D eigenvalue weighted by molar-refractivity contribution is 5.94. The molecule has 2 N–H and O–H groups in total. The Morgan fingerprint density at radius 2 is 2.22 bits per heavy atom. The minimum Gasteiger partial charge on any atom is -0.384 e. The monoisotopic (exact) mass is 246 g/mol. The van der Waals surface area contributed by atoms with Crippen LogP contribution >= 0.6 is 0 Å². The van der Waals surface area contributed by atoms with Crippen LogP contribution in [0, 0.1) is 5.92 Å². The van der Waals surface area contributed by atoms with Crippen molar-refractivity contribution in [3.8, 4) is 0 Å². The van der Waals surface area contributed by atoms with E-state index in [4.69, 9.17) is 5.73 Å². The molecule has 0 aromatic carbocycles. The second kappa shape index (κ2) is 4.24. The third-order valence-corrected chi connectivity index (χ3v) is 4.01. The van der Waals surface area contributed by atoms with Gasteiger partial charge in [-0.1, -0.05) is 0 Å². The number of likely N-dealkylation sites (N-methyl/N-ethyl adjacent to an activating group) is 1. The number of rotatable bonds is 1. The highest BCUT2D eigenvalue weighted by Crippen LogP contribution is 2.28.